The molecule has 0 saturated heterocycles. The predicted octanol–water partition coefficient (Wildman–Crippen LogP) is 5.90. The van der Waals surface area contributed by atoms with Gasteiger partial charge in [-0.15, -0.1) is 0 Å². The molecule has 0 atom stereocenters. The first-order valence-corrected chi connectivity index (χ1v) is 14.3. The van der Waals surface area contributed by atoms with Crippen molar-refractivity contribution in [1.29, 1.82) is 0 Å². The third-order valence-corrected chi connectivity index (χ3v) is 8.25. The van der Waals surface area contributed by atoms with Gasteiger partial charge in [0.2, 0.25) is 0 Å². The molecular formula is C24H24N2O4S4. The van der Waals surface area contributed by atoms with Gasteiger partial charge in [0.1, 0.15) is 0 Å². The quantitative estimate of drug-likeness (QED) is 0.326. The molecule has 1 aromatic heterocycles. The Morgan fingerprint density at radius 2 is 0.706 bits per heavy atom. The molecule has 0 saturated carbocycles. The summed E-state index contributed by atoms with van der Waals surface area (Å²) in [7, 11) is 0. The number of fused-ring (bicyclic) bond motifs is 2. The number of rotatable bonds is 8. The Morgan fingerprint density at radius 1 is 0.500 bits per heavy atom. The van der Waals surface area contributed by atoms with Crippen molar-refractivity contribution >= 4 is 89.6 Å². The van der Waals surface area contributed by atoms with Gasteiger partial charge in [-0.2, -0.15) is 0 Å². The van der Waals surface area contributed by atoms with Gasteiger partial charge in [0.15, 0.2) is 20.5 Å². The summed E-state index contributed by atoms with van der Waals surface area (Å²) in [6, 6.07) is 7.77. The molecule has 3 aromatic rings. The molecular weight excluding hydrogens is 509 g/mol. The van der Waals surface area contributed by atoms with Crippen LogP contribution >= 0.6 is 47.0 Å². The van der Waals surface area contributed by atoms with Crippen molar-refractivity contribution < 1.29 is 19.2 Å². The van der Waals surface area contributed by atoms with E-state index in [0.717, 1.165) is 22.3 Å². The minimum atomic E-state index is 0.0263. The normalized spacial score (nSPS) is 11.2. The highest BCUT2D eigenvalue weighted by atomic mass is 32.2. The lowest BCUT2D eigenvalue weighted by Gasteiger charge is -2.13. The highest BCUT2D eigenvalue weighted by Gasteiger charge is 2.14. The summed E-state index contributed by atoms with van der Waals surface area (Å²) in [6.45, 7) is 6.13. The summed E-state index contributed by atoms with van der Waals surface area (Å²) in [6.07, 6.45) is 0. The van der Waals surface area contributed by atoms with E-state index in [1.54, 1.807) is 0 Å². The van der Waals surface area contributed by atoms with Crippen LogP contribution in [0.25, 0.3) is 22.1 Å². The van der Waals surface area contributed by atoms with Gasteiger partial charge in [0.05, 0.1) is 22.1 Å². The Morgan fingerprint density at radius 3 is 0.882 bits per heavy atom. The van der Waals surface area contributed by atoms with Gasteiger partial charge >= 0.3 is 0 Å². The summed E-state index contributed by atoms with van der Waals surface area (Å²) in [5.41, 5.74) is 6.65. The summed E-state index contributed by atoms with van der Waals surface area (Å²) in [5, 5.41) is 0.105. The van der Waals surface area contributed by atoms with Crippen molar-refractivity contribution in [2.75, 3.05) is 0 Å². The molecule has 0 aliphatic heterocycles. The highest BCUT2D eigenvalue weighted by Crippen LogP contribution is 2.30. The summed E-state index contributed by atoms with van der Waals surface area (Å²) >= 11 is 4.88. The molecule has 1 heterocycles. The summed E-state index contributed by atoms with van der Waals surface area (Å²) in [4.78, 5) is 55.8. The summed E-state index contributed by atoms with van der Waals surface area (Å²) < 4.78 is 0. The summed E-state index contributed by atoms with van der Waals surface area (Å²) in [5.74, 6) is 2.00. The van der Waals surface area contributed by atoms with Crippen LogP contribution in [0.15, 0.2) is 24.3 Å². The van der Waals surface area contributed by atoms with Crippen LogP contribution in [0.1, 0.15) is 49.9 Å². The molecule has 0 spiro atoms. The standard InChI is InChI=1S/C24H24N2O4S4/c1-13(27)31-9-17-5-21-22(6-18(17)10-32-14(2)28)26-24-8-20(12-34-16(4)30)19(7-23(24)25-21)11-33-15(3)29/h5-8H,9-12H2,1-4H3. The van der Waals surface area contributed by atoms with E-state index in [4.69, 9.17) is 9.97 Å². The fraction of sp³-hybridized carbons (Fsp3) is 0.333. The fourth-order valence-electron chi connectivity index (χ4n) is 3.20. The lowest BCUT2D eigenvalue weighted by molar-refractivity contribution is -0.109. The van der Waals surface area contributed by atoms with Crippen LogP contribution in [0.2, 0.25) is 0 Å². The maximum Gasteiger partial charge on any atom is 0.186 e. The highest BCUT2D eigenvalue weighted by molar-refractivity contribution is 8.13. The van der Waals surface area contributed by atoms with Gasteiger partial charge < -0.3 is 0 Å². The first kappa shape index (κ1) is 26.7. The molecule has 10 heteroatoms. The minimum Gasteiger partial charge on any atom is -0.288 e. The van der Waals surface area contributed by atoms with Gasteiger partial charge in [-0.3, -0.25) is 19.2 Å². The molecule has 0 fully saturated rings. The van der Waals surface area contributed by atoms with E-state index >= 15 is 0 Å². The maximum atomic E-state index is 11.5. The number of carbonyl (C=O) groups is 4. The lowest BCUT2D eigenvalue weighted by atomic mass is 10.1. The van der Waals surface area contributed by atoms with Gasteiger partial charge in [0.25, 0.3) is 0 Å². The van der Waals surface area contributed by atoms with Crippen molar-refractivity contribution in [3.63, 3.8) is 0 Å². The van der Waals surface area contributed by atoms with E-state index in [2.05, 4.69) is 0 Å². The zero-order chi connectivity index (χ0) is 24.8. The van der Waals surface area contributed by atoms with Gasteiger partial charge in [-0.1, -0.05) is 47.0 Å². The van der Waals surface area contributed by atoms with E-state index in [1.807, 2.05) is 24.3 Å². The van der Waals surface area contributed by atoms with Crippen molar-refractivity contribution in [2.45, 2.75) is 50.7 Å². The van der Waals surface area contributed by atoms with Crippen LogP contribution in [0.3, 0.4) is 0 Å². The van der Waals surface area contributed by atoms with Gasteiger partial charge in [0, 0.05) is 50.7 Å². The van der Waals surface area contributed by atoms with Crippen molar-refractivity contribution in [2.24, 2.45) is 0 Å². The molecule has 0 radical (unpaired) electrons. The maximum absolute atomic E-state index is 11.5. The average Bonchev–Trinajstić information content (AvgIpc) is 2.76. The Labute approximate surface area is 215 Å². The Balaban J connectivity index is 2.10. The molecule has 0 N–H and O–H groups in total. The monoisotopic (exact) mass is 532 g/mol. The molecule has 34 heavy (non-hydrogen) atoms. The molecule has 0 aliphatic carbocycles. The van der Waals surface area contributed by atoms with Gasteiger partial charge in [-0.05, 0) is 46.5 Å². The Kier molecular flexibility index (Phi) is 9.58. The number of hydrogen-bond donors (Lipinski definition) is 0. The van der Waals surface area contributed by atoms with Gasteiger partial charge in [-0.25, -0.2) is 9.97 Å². The number of nitrogens with zero attached hydrogens (tertiary/aromatic N) is 2. The lowest BCUT2D eigenvalue weighted by Crippen LogP contribution is -2.00. The van der Waals surface area contributed by atoms with E-state index in [-0.39, 0.29) is 20.5 Å². The smallest absolute Gasteiger partial charge is 0.186 e. The average molecular weight is 533 g/mol. The molecule has 0 bridgehead atoms. The van der Waals surface area contributed by atoms with E-state index < -0.39 is 0 Å². The SMILES string of the molecule is CC(=O)SCc1cc2nc3cc(CSC(C)=O)c(CSC(C)=O)cc3nc2cc1CSC(C)=O. The molecule has 3 rings (SSSR count). The molecule has 2 aromatic carbocycles. The van der Waals surface area contributed by atoms with Crippen LogP contribution in [0.5, 0.6) is 0 Å². The van der Waals surface area contributed by atoms with Crippen LogP contribution in [-0.4, -0.2) is 30.4 Å². The molecule has 0 amide bonds. The topological polar surface area (TPSA) is 94.1 Å². The van der Waals surface area contributed by atoms with E-state index in [1.165, 1.54) is 74.7 Å². The number of aromatic nitrogens is 2. The van der Waals surface area contributed by atoms with Crippen molar-refractivity contribution in [3.8, 4) is 0 Å². The van der Waals surface area contributed by atoms with E-state index in [9.17, 15) is 19.2 Å². The molecule has 0 aliphatic rings. The second-order valence-electron chi connectivity index (χ2n) is 7.56. The zero-order valence-corrected chi connectivity index (χ0v) is 22.6. The van der Waals surface area contributed by atoms with Crippen molar-refractivity contribution in [3.05, 3.63) is 46.5 Å². The van der Waals surface area contributed by atoms with Crippen LogP contribution in [0.4, 0.5) is 0 Å². The Bertz CT molecular complexity index is 1100. The second kappa shape index (κ2) is 12.2. The van der Waals surface area contributed by atoms with Crippen LogP contribution in [-0.2, 0) is 42.2 Å². The number of thioether (sulfide) groups is 4. The number of benzene rings is 2. The fourth-order valence-corrected chi connectivity index (χ4v) is 5.71. The van der Waals surface area contributed by atoms with E-state index in [0.29, 0.717) is 45.1 Å². The predicted molar refractivity (Wildman–Crippen MR) is 145 cm³/mol. The molecule has 6 nitrogen and oxygen atoms in total. The first-order chi connectivity index (χ1) is 16.1. The van der Waals surface area contributed by atoms with Crippen LogP contribution < -0.4 is 0 Å². The number of carbonyl (C=O) groups excluding carboxylic acids is 4. The zero-order valence-electron chi connectivity index (χ0n) is 19.3. The Hall–Kier alpha value is -1.88. The third kappa shape index (κ3) is 7.56. The number of hydrogen-bond acceptors (Lipinski definition) is 10. The molecule has 0 unspecified atom stereocenters. The van der Waals surface area contributed by atoms with Crippen molar-refractivity contribution in [1.82, 2.24) is 9.97 Å². The van der Waals surface area contributed by atoms with Crippen LogP contribution in [0, 0.1) is 0 Å². The minimum absolute atomic E-state index is 0.0263. The first-order valence-electron chi connectivity index (χ1n) is 10.4. The third-order valence-electron chi connectivity index (χ3n) is 4.80. The largest absolute Gasteiger partial charge is 0.288 e. The molecule has 178 valence electrons. The second-order valence-corrected chi connectivity index (χ2v) is 12.2.